The number of aryl methyl sites for hydroxylation is 1. The molecular formula is C11H18ClN3O2S. The number of hydrogen-bond donors (Lipinski definition) is 1. The van der Waals surface area contributed by atoms with Crippen molar-refractivity contribution in [3.8, 4) is 0 Å². The van der Waals surface area contributed by atoms with Gasteiger partial charge in [0.05, 0.1) is 6.33 Å². The molecule has 5 nitrogen and oxygen atoms in total. The third-order valence-corrected chi connectivity index (χ3v) is 5.07. The summed E-state index contributed by atoms with van der Waals surface area (Å²) in [6, 6.07) is -0.0169. The summed E-state index contributed by atoms with van der Waals surface area (Å²) in [5.41, 5.74) is 0. The van der Waals surface area contributed by atoms with Crippen molar-refractivity contribution in [3.63, 3.8) is 0 Å². The van der Waals surface area contributed by atoms with Crippen LogP contribution in [0.4, 0.5) is 0 Å². The van der Waals surface area contributed by atoms with Crippen molar-refractivity contribution in [1.82, 2.24) is 14.3 Å². The van der Waals surface area contributed by atoms with E-state index in [9.17, 15) is 8.42 Å². The van der Waals surface area contributed by atoms with Crippen LogP contribution in [-0.2, 0) is 16.6 Å². The van der Waals surface area contributed by atoms with E-state index in [0.29, 0.717) is 6.54 Å². The molecule has 1 aromatic rings. The lowest BCUT2D eigenvalue weighted by Crippen LogP contribution is -2.37. The molecule has 7 heteroatoms. The van der Waals surface area contributed by atoms with Gasteiger partial charge < -0.3 is 4.57 Å². The third-order valence-electron chi connectivity index (χ3n) is 3.23. The maximum Gasteiger partial charge on any atom is 0.259 e. The maximum absolute atomic E-state index is 12.1. The molecule has 1 N–H and O–H groups in total. The van der Waals surface area contributed by atoms with Crippen molar-refractivity contribution < 1.29 is 8.42 Å². The second kappa shape index (κ2) is 5.59. The van der Waals surface area contributed by atoms with Gasteiger partial charge in [-0.3, -0.25) is 0 Å². The van der Waals surface area contributed by atoms with Crippen LogP contribution in [-0.4, -0.2) is 29.4 Å². The van der Waals surface area contributed by atoms with Crippen molar-refractivity contribution in [1.29, 1.82) is 0 Å². The second-order valence-corrected chi connectivity index (χ2v) is 6.89. The van der Waals surface area contributed by atoms with E-state index in [1.165, 1.54) is 6.33 Å². The summed E-state index contributed by atoms with van der Waals surface area (Å²) >= 11 is 6.00. The molecule has 0 unspecified atom stereocenters. The SMILES string of the molecule is CCn1cnc(S(=O)(=O)NC2CCC(Cl)CC2)c1. The minimum atomic E-state index is -3.49. The van der Waals surface area contributed by atoms with Gasteiger partial charge in [0.15, 0.2) is 5.03 Å². The van der Waals surface area contributed by atoms with Crippen LogP contribution < -0.4 is 4.72 Å². The van der Waals surface area contributed by atoms with Gasteiger partial charge in [-0.2, -0.15) is 0 Å². The Morgan fingerprint density at radius 1 is 1.44 bits per heavy atom. The molecule has 1 aliphatic carbocycles. The second-order valence-electron chi connectivity index (χ2n) is 4.61. The zero-order valence-electron chi connectivity index (χ0n) is 10.3. The fourth-order valence-corrected chi connectivity index (χ4v) is 3.61. The fraction of sp³-hybridized carbons (Fsp3) is 0.727. The lowest BCUT2D eigenvalue weighted by atomic mass is 9.96. The van der Waals surface area contributed by atoms with Crippen LogP contribution in [0.15, 0.2) is 17.6 Å². The van der Waals surface area contributed by atoms with E-state index in [1.807, 2.05) is 6.92 Å². The number of nitrogens with one attached hydrogen (secondary N) is 1. The molecule has 18 heavy (non-hydrogen) atoms. The highest BCUT2D eigenvalue weighted by Crippen LogP contribution is 2.23. The summed E-state index contributed by atoms with van der Waals surface area (Å²) in [7, 11) is -3.49. The summed E-state index contributed by atoms with van der Waals surface area (Å²) in [6.07, 6.45) is 6.39. The molecule has 0 spiro atoms. The fourth-order valence-electron chi connectivity index (χ4n) is 2.10. The van der Waals surface area contributed by atoms with Crippen molar-refractivity contribution >= 4 is 21.6 Å². The van der Waals surface area contributed by atoms with Crippen molar-refractivity contribution in [3.05, 3.63) is 12.5 Å². The summed E-state index contributed by atoms with van der Waals surface area (Å²) in [6.45, 7) is 2.65. The van der Waals surface area contributed by atoms with E-state index in [0.717, 1.165) is 25.7 Å². The largest absolute Gasteiger partial charge is 0.336 e. The molecule has 1 saturated carbocycles. The average Bonchev–Trinajstić information content (AvgIpc) is 2.81. The smallest absolute Gasteiger partial charge is 0.259 e. The average molecular weight is 292 g/mol. The predicted octanol–water partition coefficient (Wildman–Crippen LogP) is 1.73. The quantitative estimate of drug-likeness (QED) is 0.859. The zero-order valence-corrected chi connectivity index (χ0v) is 11.9. The number of rotatable bonds is 4. The highest BCUT2D eigenvalue weighted by Gasteiger charge is 2.26. The first kappa shape index (κ1) is 13.8. The standard InChI is InChI=1S/C11H18ClN3O2S/c1-2-15-7-11(13-8-15)18(16,17)14-10-5-3-9(12)4-6-10/h7-10,14H,2-6H2,1H3. The van der Waals surface area contributed by atoms with Crippen LogP contribution in [0.1, 0.15) is 32.6 Å². The number of sulfonamides is 1. The molecule has 0 aliphatic heterocycles. The van der Waals surface area contributed by atoms with E-state index in [1.54, 1.807) is 10.8 Å². The van der Waals surface area contributed by atoms with Crippen LogP contribution in [0.25, 0.3) is 0 Å². The number of hydrogen-bond acceptors (Lipinski definition) is 3. The van der Waals surface area contributed by atoms with Crippen molar-refractivity contribution in [2.75, 3.05) is 0 Å². The molecule has 0 bridgehead atoms. The monoisotopic (exact) mass is 291 g/mol. The lowest BCUT2D eigenvalue weighted by molar-refractivity contribution is 0.416. The van der Waals surface area contributed by atoms with Gasteiger partial charge in [-0.15, -0.1) is 11.6 Å². The van der Waals surface area contributed by atoms with Gasteiger partial charge in [0.2, 0.25) is 0 Å². The molecule has 0 atom stereocenters. The first-order chi connectivity index (χ1) is 8.51. The molecule has 1 aromatic heterocycles. The Hall–Kier alpha value is -0.590. The van der Waals surface area contributed by atoms with E-state index < -0.39 is 10.0 Å². The Labute approximate surface area is 113 Å². The Morgan fingerprint density at radius 2 is 2.11 bits per heavy atom. The predicted molar refractivity (Wildman–Crippen MR) is 70.1 cm³/mol. The first-order valence-electron chi connectivity index (χ1n) is 6.19. The topological polar surface area (TPSA) is 64.0 Å². The molecule has 1 heterocycles. The maximum atomic E-state index is 12.1. The molecule has 102 valence electrons. The summed E-state index contributed by atoms with van der Waals surface area (Å²) in [5, 5.41) is 0.280. The van der Waals surface area contributed by atoms with Gasteiger partial charge in [-0.1, -0.05) is 0 Å². The van der Waals surface area contributed by atoms with Gasteiger partial charge in [-0.25, -0.2) is 18.1 Å². The molecule has 0 saturated heterocycles. The van der Waals surface area contributed by atoms with E-state index >= 15 is 0 Å². The summed E-state index contributed by atoms with van der Waals surface area (Å²) in [4.78, 5) is 3.93. The van der Waals surface area contributed by atoms with Crippen LogP contribution in [0, 0.1) is 0 Å². The van der Waals surface area contributed by atoms with Crippen molar-refractivity contribution in [2.24, 2.45) is 0 Å². The third kappa shape index (κ3) is 3.24. The highest BCUT2D eigenvalue weighted by atomic mass is 35.5. The first-order valence-corrected chi connectivity index (χ1v) is 8.11. The number of nitrogens with zero attached hydrogens (tertiary/aromatic N) is 2. The van der Waals surface area contributed by atoms with E-state index in [2.05, 4.69) is 9.71 Å². The zero-order chi connectivity index (χ0) is 13.2. The van der Waals surface area contributed by atoms with Gasteiger partial charge >= 0.3 is 0 Å². The Balaban J connectivity index is 2.03. The van der Waals surface area contributed by atoms with E-state index in [-0.39, 0.29) is 16.4 Å². The van der Waals surface area contributed by atoms with E-state index in [4.69, 9.17) is 11.6 Å². The Morgan fingerprint density at radius 3 is 2.67 bits per heavy atom. The van der Waals surface area contributed by atoms with Crippen LogP contribution >= 0.6 is 11.6 Å². The molecular weight excluding hydrogens is 274 g/mol. The van der Waals surface area contributed by atoms with Crippen LogP contribution in [0.3, 0.4) is 0 Å². The minimum Gasteiger partial charge on any atom is -0.336 e. The van der Waals surface area contributed by atoms with Gasteiger partial charge in [0.25, 0.3) is 10.0 Å². The van der Waals surface area contributed by atoms with Crippen LogP contribution in [0.2, 0.25) is 0 Å². The summed E-state index contributed by atoms with van der Waals surface area (Å²) < 4.78 is 28.6. The molecule has 1 fully saturated rings. The van der Waals surface area contributed by atoms with Crippen LogP contribution in [0.5, 0.6) is 0 Å². The number of alkyl halides is 1. The molecule has 2 rings (SSSR count). The van der Waals surface area contributed by atoms with Gasteiger partial charge in [0, 0.05) is 24.2 Å². The Kier molecular flexibility index (Phi) is 4.29. The van der Waals surface area contributed by atoms with Gasteiger partial charge in [0.1, 0.15) is 0 Å². The molecule has 1 aliphatic rings. The molecule has 0 radical (unpaired) electrons. The highest BCUT2D eigenvalue weighted by molar-refractivity contribution is 7.89. The van der Waals surface area contributed by atoms with Gasteiger partial charge in [-0.05, 0) is 32.6 Å². The normalized spacial score (nSPS) is 25.2. The Bertz CT molecular complexity index is 492. The minimum absolute atomic E-state index is 0.0169. The molecule has 0 amide bonds. The number of halogens is 1. The van der Waals surface area contributed by atoms with Crippen molar-refractivity contribution in [2.45, 2.75) is 55.6 Å². The number of aromatic nitrogens is 2. The summed E-state index contributed by atoms with van der Waals surface area (Å²) in [5.74, 6) is 0. The molecule has 0 aromatic carbocycles. The lowest BCUT2D eigenvalue weighted by Gasteiger charge is -2.25. The number of imidazole rings is 1.